The van der Waals surface area contributed by atoms with Gasteiger partial charge in [0, 0.05) is 11.6 Å². The van der Waals surface area contributed by atoms with Gasteiger partial charge in [-0.25, -0.2) is 0 Å². The van der Waals surface area contributed by atoms with E-state index in [4.69, 9.17) is 5.41 Å². The van der Waals surface area contributed by atoms with Crippen LogP contribution in [0.25, 0.3) is 0 Å². The molecule has 3 heteroatoms. The minimum Gasteiger partial charge on any atom is -0.393 e. The maximum absolute atomic E-state index is 12.8. The van der Waals surface area contributed by atoms with Crippen molar-refractivity contribution in [3.63, 3.8) is 0 Å². The molecule has 4 aliphatic carbocycles. The van der Waals surface area contributed by atoms with Gasteiger partial charge in [-0.3, -0.25) is 4.79 Å². The molecular weight excluding hydrogens is 286 g/mol. The molecule has 4 aliphatic rings. The van der Waals surface area contributed by atoms with E-state index < -0.39 is 0 Å². The average molecular weight is 315 g/mol. The fraction of sp³-hybridized carbons (Fsp3) is 0.800. The van der Waals surface area contributed by atoms with Gasteiger partial charge in [0.05, 0.1) is 12.0 Å². The van der Waals surface area contributed by atoms with E-state index in [1.165, 1.54) is 11.8 Å². The molecule has 2 unspecified atom stereocenters. The summed E-state index contributed by atoms with van der Waals surface area (Å²) in [6.07, 6.45) is 10.6. The quantitative estimate of drug-likeness (QED) is 0.572. The summed E-state index contributed by atoms with van der Waals surface area (Å²) in [6.45, 7) is 4.58. The first-order valence-electron chi connectivity index (χ1n) is 9.32. The summed E-state index contributed by atoms with van der Waals surface area (Å²) < 4.78 is 0. The molecular formula is C20H29NO2. The van der Waals surface area contributed by atoms with Crippen molar-refractivity contribution in [2.24, 2.45) is 34.5 Å². The molecule has 3 nitrogen and oxygen atoms in total. The number of hydrogen-bond acceptors (Lipinski definition) is 3. The second-order valence-corrected chi connectivity index (χ2v) is 8.99. The highest BCUT2D eigenvalue weighted by Gasteiger charge is 2.60. The van der Waals surface area contributed by atoms with Crippen LogP contribution in [0.2, 0.25) is 0 Å². The van der Waals surface area contributed by atoms with Crippen molar-refractivity contribution in [2.75, 3.05) is 0 Å². The lowest BCUT2D eigenvalue weighted by molar-refractivity contribution is -0.133. The highest BCUT2D eigenvalue weighted by molar-refractivity contribution is 6.00. The Morgan fingerprint density at radius 3 is 2.70 bits per heavy atom. The van der Waals surface area contributed by atoms with Crippen molar-refractivity contribution in [3.8, 4) is 0 Å². The Labute approximate surface area is 139 Å². The predicted octanol–water partition coefficient (Wildman–Crippen LogP) is 3.75. The Kier molecular flexibility index (Phi) is 3.39. The molecule has 0 spiro atoms. The van der Waals surface area contributed by atoms with Gasteiger partial charge in [0.2, 0.25) is 0 Å². The highest BCUT2D eigenvalue weighted by atomic mass is 16.3. The number of fused-ring (bicyclic) bond motifs is 5. The van der Waals surface area contributed by atoms with Crippen LogP contribution in [0.4, 0.5) is 0 Å². The smallest absolute Gasteiger partial charge is 0.147 e. The molecule has 0 bridgehead atoms. The Bertz CT molecular complexity index is 582. The zero-order chi connectivity index (χ0) is 16.4. The Hall–Kier alpha value is -0.960. The summed E-state index contributed by atoms with van der Waals surface area (Å²) in [4.78, 5) is 12.8. The van der Waals surface area contributed by atoms with E-state index >= 15 is 0 Å². The lowest BCUT2D eigenvalue weighted by Crippen LogP contribution is -2.50. The van der Waals surface area contributed by atoms with Crippen molar-refractivity contribution in [3.05, 3.63) is 11.6 Å². The minimum atomic E-state index is -0.195. The zero-order valence-corrected chi connectivity index (χ0v) is 14.3. The number of carbonyl (C=O) groups excluding carboxylic acids is 1. The predicted molar refractivity (Wildman–Crippen MR) is 90.4 cm³/mol. The molecule has 23 heavy (non-hydrogen) atoms. The number of hydrogen-bond donors (Lipinski definition) is 2. The molecule has 0 heterocycles. The maximum atomic E-state index is 12.8. The van der Waals surface area contributed by atoms with Crippen LogP contribution in [-0.2, 0) is 4.79 Å². The maximum Gasteiger partial charge on any atom is 0.147 e. The third-order valence-corrected chi connectivity index (χ3v) is 8.08. The van der Waals surface area contributed by atoms with Crippen LogP contribution in [0.15, 0.2) is 11.6 Å². The normalized spacial score (nSPS) is 52.2. The van der Waals surface area contributed by atoms with Crippen molar-refractivity contribution in [2.45, 2.75) is 64.9 Å². The van der Waals surface area contributed by atoms with Crippen LogP contribution >= 0.6 is 0 Å². The first-order valence-corrected chi connectivity index (χ1v) is 9.32. The number of ketones is 1. The van der Waals surface area contributed by atoms with Crippen molar-refractivity contribution in [1.82, 2.24) is 0 Å². The van der Waals surface area contributed by atoms with Gasteiger partial charge in [0.1, 0.15) is 5.78 Å². The SMILES string of the molecule is C[C@]12CCC(O)CC1=CC[C@@H]1[C@H]2CC[C@]2(C)C(=O)C(C=N)C[C@@H]12. The molecule has 0 aromatic carbocycles. The van der Waals surface area contributed by atoms with Crippen molar-refractivity contribution in [1.29, 1.82) is 5.41 Å². The average Bonchev–Trinajstić information content (AvgIpc) is 2.79. The number of nitrogens with one attached hydrogen (secondary N) is 1. The van der Waals surface area contributed by atoms with Gasteiger partial charge in [-0.1, -0.05) is 25.5 Å². The van der Waals surface area contributed by atoms with E-state index in [2.05, 4.69) is 19.9 Å². The molecule has 0 amide bonds. The summed E-state index contributed by atoms with van der Waals surface area (Å²) in [5, 5.41) is 17.7. The third-order valence-electron chi connectivity index (χ3n) is 8.08. The van der Waals surface area contributed by atoms with Gasteiger partial charge in [-0.05, 0) is 68.1 Å². The molecule has 2 N–H and O–H groups in total. The van der Waals surface area contributed by atoms with E-state index in [1.54, 1.807) is 0 Å². The molecule has 0 aromatic heterocycles. The monoisotopic (exact) mass is 315 g/mol. The molecule has 0 aliphatic heterocycles. The number of aliphatic hydroxyl groups excluding tert-OH is 1. The molecule has 4 rings (SSSR count). The fourth-order valence-electron chi connectivity index (χ4n) is 6.65. The summed E-state index contributed by atoms with van der Waals surface area (Å²) in [5.41, 5.74) is 1.52. The van der Waals surface area contributed by atoms with Crippen LogP contribution in [0.3, 0.4) is 0 Å². The standard InChI is InChI=1S/C20H29NO2/c1-19-7-5-14(22)10-13(19)3-4-15-16(19)6-8-20(2)17(15)9-12(11-21)18(20)23/h3,11-12,14-17,21-22H,4-10H2,1-2H3/t12?,14?,15-,16-,17+,19+,20+/m1/s1. The van der Waals surface area contributed by atoms with Gasteiger partial charge >= 0.3 is 0 Å². The number of rotatable bonds is 1. The lowest BCUT2D eigenvalue weighted by Gasteiger charge is -2.56. The van der Waals surface area contributed by atoms with Crippen molar-refractivity contribution < 1.29 is 9.90 Å². The number of aliphatic hydroxyl groups is 1. The third kappa shape index (κ3) is 1.98. The second-order valence-electron chi connectivity index (χ2n) is 8.99. The Morgan fingerprint density at radius 2 is 1.96 bits per heavy atom. The highest BCUT2D eigenvalue weighted by Crippen LogP contribution is 2.64. The summed E-state index contributed by atoms with van der Waals surface area (Å²) >= 11 is 0. The number of carbonyl (C=O) groups is 1. The van der Waals surface area contributed by atoms with E-state index in [-0.39, 0.29) is 22.9 Å². The largest absolute Gasteiger partial charge is 0.393 e. The van der Waals surface area contributed by atoms with Crippen LogP contribution in [0, 0.1) is 39.9 Å². The summed E-state index contributed by atoms with van der Waals surface area (Å²) in [7, 11) is 0. The number of Topliss-reactive ketones (excluding diaryl/α,β-unsaturated/α-hetero) is 1. The zero-order valence-electron chi connectivity index (χ0n) is 14.3. The molecule has 7 atom stereocenters. The van der Waals surface area contributed by atoms with Crippen LogP contribution in [-0.4, -0.2) is 23.2 Å². The molecule has 3 saturated carbocycles. The fourth-order valence-corrected chi connectivity index (χ4v) is 6.65. The van der Waals surface area contributed by atoms with E-state index in [0.29, 0.717) is 23.5 Å². The minimum absolute atomic E-state index is 0.143. The first kappa shape index (κ1) is 15.6. The molecule has 0 radical (unpaired) electrons. The molecule has 0 saturated heterocycles. The Morgan fingerprint density at radius 1 is 1.22 bits per heavy atom. The van der Waals surface area contributed by atoms with Gasteiger partial charge in [-0.2, -0.15) is 0 Å². The lowest BCUT2D eigenvalue weighted by atomic mass is 9.48. The van der Waals surface area contributed by atoms with Gasteiger partial charge in [0.15, 0.2) is 0 Å². The summed E-state index contributed by atoms with van der Waals surface area (Å²) in [6, 6.07) is 0. The number of allylic oxidation sites excluding steroid dienone is 1. The van der Waals surface area contributed by atoms with Crippen molar-refractivity contribution >= 4 is 12.0 Å². The van der Waals surface area contributed by atoms with Gasteiger partial charge < -0.3 is 10.5 Å². The first-order chi connectivity index (χ1) is 10.9. The van der Waals surface area contributed by atoms with Gasteiger partial charge in [-0.15, -0.1) is 0 Å². The van der Waals surface area contributed by atoms with E-state index in [9.17, 15) is 9.90 Å². The molecule has 3 fully saturated rings. The van der Waals surface area contributed by atoms with E-state index in [1.807, 2.05) is 0 Å². The topological polar surface area (TPSA) is 61.1 Å². The van der Waals surface area contributed by atoms with Crippen LogP contribution in [0.5, 0.6) is 0 Å². The second kappa shape index (κ2) is 5.02. The van der Waals surface area contributed by atoms with E-state index in [0.717, 1.165) is 44.9 Å². The van der Waals surface area contributed by atoms with Crippen LogP contribution in [0.1, 0.15) is 58.8 Å². The van der Waals surface area contributed by atoms with Gasteiger partial charge in [0.25, 0.3) is 0 Å². The Balaban J connectivity index is 1.69. The van der Waals surface area contributed by atoms with Crippen LogP contribution < -0.4 is 0 Å². The molecule has 126 valence electrons. The summed E-state index contributed by atoms with van der Waals surface area (Å²) in [5.74, 6) is 1.88. The molecule has 0 aromatic rings.